The molecule has 0 aliphatic carbocycles. The number of aromatic carboxylic acids is 1. The van der Waals surface area contributed by atoms with E-state index in [9.17, 15) is 18.8 Å². The van der Waals surface area contributed by atoms with Crippen LogP contribution in [0.1, 0.15) is 10.4 Å². The van der Waals surface area contributed by atoms with Gasteiger partial charge in [0.25, 0.3) is 0 Å². The highest BCUT2D eigenvalue weighted by atomic mass is 19.1. The predicted octanol–water partition coefficient (Wildman–Crippen LogP) is 0.314. The molecule has 9 heteroatoms. The zero-order valence-electron chi connectivity index (χ0n) is 10.3. The van der Waals surface area contributed by atoms with Crippen molar-refractivity contribution in [2.24, 2.45) is 5.73 Å². The minimum absolute atomic E-state index is 0.0473. The van der Waals surface area contributed by atoms with Crippen molar-refractivity contribution in [1.82, 2.24) is 10.6 Å². The molecule has 0 atom stereocenters. The molecule has 0 fully saturated rings. The summed E-state index contributed by atoms with van der Waals surface area (Å²) in [4.78, 5) is 32.7. The van der Waals surface area contributed by atoms with Gasteiger partial charge in [-0.05, 0) is 12.1 Å². The van der Waals surface area contributed by atoms with E-state index >= 15 is 0 Å². The van der Waals surface area contributed by atoms with Crippen LogP contribution in [0.25, 0.3) is 0 Å². The number of rotatable bonds is 5. The largest absolute Gasteiger partial charge is 0.478 e. The Morgan fingerprint density at radius 3 is 2.45 bits per heavy atom. The maximum atomic E-state index is 13.5. The van der Waals surface area contributed by atoms with E-state index in [2.05, 4.69) is 16.0 Å². The van der Waals surface area contributed by atoms with Crippen LogP contribution in [0.3, 0.4) is 0 Å². The van der Waals surface area contributed by atoms with E-state index in [1.165, 1.54) is 6.07 Å². The Balaban J connectivity index is 2.62. The fourth-order valence-corrected chi connectivity index (χ4v) is 1.35. The van der Waals surface area contributed by atoms with Crippen LogP contribution in [0.2, 0.25) is 0 Å². The molecule has 20 heavy (non-hydrogen) atoms. The van der Waals surface area contributed by atoms with Crippen LogP contribution in [0, 0.1) is 5.82 Å². The lowest BCUT2D eigenvalue weighted by Gasteiger charge is -2.10. The Morgan fingerprint density at radius 2 is 1.85 bits per heavy atom. The molecule has 1 aromatic rings. The molecule has 0 bridgehead atoms. The molecule has 0 spiro atoms. The summed E-state index contributed by atoms with van der Waals surface area (Å²) in [6, 6.07) is 1.86. The molecule has 0 unspecified atom stereocenters. The lowest BCUT2D eigenvalue weighted by Crippen LogP contribution is -2.39. The second kappa shape index (κ2) is 6.92. The highest BCUT2D eigenvalue weighted by Crippen LogP contribution is 2.19. The molecule has 6 N–H and O–H groups in total. The van der Waals surface area contributed by atoms with E-state index in [0.717, 1.165) is 12.1 Å². The molecule has 108 valence electrons. The van der Waals surface area contributed by atoms with Crippen molar-refractivity contribution in [2.75, 3.05) is 18.4 Å². The van der Waals surface area contributed by atoms with E-state index in [1.807, 2.05) is 0 Å². The second-order valence-electron chi connectivity index (χ2n) is 3.64. The molecular formula is C11H13FN4O4. The summed E-state index contributed by atoms with van der Waals surface area (Å²) in [7, 11) is 0. The monoisotopic (exact) mass is 284 g/mol. The number of carboxylic acid groups (broad SMARTS) is 1. The summed E-state index contributed by atoms with van der Waals surface area (Å²) in [5, 5.41) is 15.5. The zero-order chi connectivity index (χ0) is 15.1. The smallest absolute Gasteiger partial charge is 0.337 e. The Kier molecular flexibility index (Phi) is 5.27. The lowest BCUT2D eigenvalue weighted by molar-refractivity contribution is 0.0697. The van der Waals surface area contributed by atoms with Crippen LogP contribution in [0.4, 0.5) is 19.7 Å². The first-order valence-corrected chi connectivity index (χ1v) is 5.51. The molecule has 1 rings (SSSR count). The van der Waals surface area contributed by atoms with E-state index in [0.29, 0.717) is 0 Å². The minimum Gasteiger partial charge on any atom is -0.478 e. The number of primary amides is 1. The third-order valence-corrected chi connectivity index (χ3v) is 2.19. The minimum atomic E-state index is -1.37. The summed E-state index contributed by atoms with van der Waals surface area (Å²) in [6.45, 7) is 0.136. The maximum Gasteiger partial charge on any atom is 0.337 e. The molecular weight excluding hydrogens is 271 g/mol. The van der Waals surface area contributed by atoms with Gasteiger partial charge in [0.15, 0.2) is 0 Å². The first kappa shape index (κ1) is 15.2. The van der Waals surface area contributed by atoms with Gasteiger partial charge in [-0.2, -0.15) is 0 Å². The van der Waals surface area contributed by atoms with Gasteiger partial charge in [-0.3, -0.25) is 0 Å². The van der Waals surface area contributed by atoms with Gasteiger partial charge < -0.3 is 26.8 Å². The van der Waals surface area contributed by atoms with Crippen molar-refractivity contribution in [3.8, 4) is 0 Å². The van der Waals surface area contributed by atoms with Gasteiger partial charge in [0.05, 0.1) is 11.3 Å². The number of benzene rings is 1. The second-order valence-corrected chi connectivity index (χ2v) is 3.64. The first-order chi connectivity index (χ1) is 9.41. The van der Waals surface area contributed by atoms with Crippen LogP contribution in [0.5, 0.6) is 0 Å². The first-order valence-electron chi connectivity index (χ1n) is 5.51. The van der Waals surface area contributed by atoms with Crippen molar-refractivity contribution in [2.45, 2.75) is 0 Å². The Bertz CT molecular complexity index is 535. The number of nitrogens with two attached hydrogens (primary N) is 1. The van der Waals surface area contributed by atoms with Crippen molar-refractivity contribution < 1.29 is 23.9 Å². The van der Waals surface area contributed by atoms with E-state index in [4.69, 9.17) is 10.8 Å². The molecule has 1 aromatic carbocycles. The fourth-order valence-electron chi connectivity index (χ4n) is 1.35. The lowest BCUT2D eigenvalue weighted by atomic mass is 10.1. The van der Waals surface area contributed by atoms with Gasteiger partial charge in [-0.15, -0.1) is 0 Å². The predicted molar refractivity (Wildman–Crippen MR) is 68.0 cm³/mol. The zero-order valence-corrected chi connectivity index (χ0v) is 10.3. The average Bonchev–Trinajstić information content (AvgIpc) is 2.36. The number of amides is 4. The number of carbonyl (C=O) groups is 3. The summed E-state index contributed by atoms with van der Waals surface area (Å²) in [5.74, 6) is -2.23. The van der Waals surface area contributed by atoms with E-state index in [-0.39, 0.29) is 18.7 Å². The van der Waals surface area contributed by atoms with Crippen molar-refractivity contribution in [3.63, 3.8) is 0 Å². The average molecular weight is 284 g/mol. The van der Waals surface area contributed by atoms with Gasteiger partial charge in [0.2, 0.25) is 0 Å². The Hall–Kier alpha value is -2.84. The maximum absolute atomic E-state index is 13.5. The van der Waals surface area contributed by atoms with Gasteiger partial charge in [-0.1, -0.05) is 6.07 Å². The summed E-state index contributed by atoms with van der Waals surface area (Å²) in [6.07, 6.45) is 0. The van der Waals surface area contributed by atoms with Gasteiger partial charge in [0, 0.05) is 13.1 Å². The number of carbonyl (C=O) groups excluding carboxylic acids is 2. The number of para-hydroxylation sites is 1. The summed E-state index contributed by atoms with van der Waals surface area (Å²) >= 11 is 0. The number of hydrogen-bond donors (Lipinski definition) is 5. The van der Waals surface area contributed by atoms with Crippen LogP contribution in [-0.2, 0) is 0 Å². The summed E-state index contributed by atoms with van der Waals surface area (Å²) < 4.78 is 13.5. The third kappa shape index (κ3) is 4.44. The van der Waals surface area contributed by atoms with E-state index < -0.39 is 29.5 Å². The number of halogens is 1. The SMILES string of the molecule is NC(=O)NCCNC(=O)Nc1c(F)cccc1C(=O)O. The third-order valence-electron chi connectivity index (χ3n) is 2.19. The molecule has 0 aromatic heterocycles. The fraction of sp³-hybridized carbons (Fsp3) is 0.182. The topological polar surface area (TPSA) is 134 Å². The van der Waals surface area contributed by atoms with Crippen LogP contribution in [0.15, 0.2) is 18.2 Å². The Labute approximate surface area is 113 Å². The van der Waals surface area contributed by atoms with Gasteiger partial charge in [-0.25, -0.2) is 18.8 Å². The number of anilines is 1. The normalized spacial score (nSPS) is 9.65. The molecule has 0 heterocycles. The van der Waals surface area contributed by atoms with Gasteiger partial charge >= 0.3 is 18.0 Å². The summed E-state index contributed by atoms with van der Waals surface area (Å²) in [5.41, 5.74) is 4.02. The van der Waals surface area contributed by atoms with Crippen molar-refractivity contribution >= 4 is 23.7 Å². The van der Waals surface area contributed by atoms with Crippen LogP contribution in [-0.4, -0.2) is 36.2 Å². The van der Waals surface area contributed by atoms with E-state index in [1.54, 1.807) is 0 Å². The Morgan fingerprint density at radius 1 is 1.20 bits per heavy atom. The molecule has 0 saturated carbocycles. The van der Waals surface area contributed by atoms with Crippen LogP contribution >= 0.6 is 0 Å². The molecule has 0 radical (unpaired) electrons. The molecule has 0 aliphatic rings. The number of carboxylic acids is 1. The van der Waals surface area contributed by atoms with Gasteiger partial charge in [0.1, 0.15) is 5.82 Å². The molecule has 0 saturated heterocycles. The number of urea groups is 2. The number of hydrogen-bond acceptors (Lipinski definition) is 3. The molecule has 4 amide bonds. The highest BCUT2D eigenvalue weighted by Gasteiger charge is 2.16. The highest BCUT2D eigenvalue weighted by molar-refractivity contribution is 6.00. The van der Waals surface area contributed by atoms with Crippen LogP contribution < -0.4 is 21.7 Å². The van der Waals surface area contributed by atoms with Crippen molar-refractivity contribution in [3.05, 3.63) is 29.6 Å². The number of nitrogens with one attached hydrogen (secondary N) is 3. The molecule has 8 nitrogen and oxygen atoms in total. The van der Waals surface area contributed by atoms with Crippen molar-refractivity contribution in [1.29, 1.82) is 0 Å². The standard InChI is InChI=1S/C11H13FN4O4/c12-7-3-1-2-6(9(17)18)8(7)16-11(20)15-5-4-14-10(13)19/h1-3H,4-5H2,(H,17,18)(H3,13,14,19)(H2,15,16,20). The molecule has 0 aliphatic heterocycles. The quantitative estimate of drug-likeness (QED) is 0.497.